The van der Waals surface area contributed by atoms with Crippen LogP contribution < -0.4 is 5.48 Å². The maximum atomic E-state index is 11.6. The van der Waals surface area contributed by atoms with Crippen molar-refractivity contribution in [3.05, 3.63) is 63.7 Å². The molecule has 0 saturated carbocycles. The number of aliphatic imine (C=N–C) groups is 1. The first kappa shape index (κ1) is 16.1. The molecule has 0 unspecified atom stereocenters. The average Bonchev–Trinajstić information content (AvgIpc) is 2.54. The van der Waals surface area contributed by atoms with Gasteiger partial charge in [-0.15, -0.1) is 0 Å². The number of hydrogen-bond donors (Lipinski definition) is 2. The predicted octanol–water partition coefficient (Wildman–Crippen LogP) is 2.34. The molecule has 0 radical (unpaired) electrons. The monoisotopic (exact) mass is 315 g/mol. The van der Waals surface area contributed by atoms with Crippen molar-refractivity contribution in [2.24, 2.45) is 4.99 Å². The van der Waals surface area contributed by atoms with E-state index in [-0.39, 0.29) is 17.0 Å². The number of carbonyl (C=O) groups is 1. The SMILES string of the molecule is CONC(=O)c1cccc(N=Cc2cc([N+](=O)[O-])ccc2O)c1. The number of phenolic OH excluding ortho intramolecular Hbond substituents is 1. The number of carbonyl (C=O) groups excluding carboxylic acids is 1. The van der Waals surface area contributed by atoms with Gasteiger partial charge in [-0.25, -0.2) is 5.48 Å². The Morgan fingerprint density at radius 1 is 1.35 bits per heavy atom. The van der Waals surface area contributed by atoms with E-state index in [0.717, 1.165) is 0 Å². The summed E-state index contributed by atoms with van der Waals surface area (Å²) in [5.41, 5.74) is 3.01. The summed E-state index contributed by atoms with van der Waals surface area (Å²) in [5.74, 6) is -0.560. The second-order valence-electron chi connectivity index (χ2n) is 4.44. The minimum Gasteiger partial charge on any atom is -0.507 e. The standard InChI is InChI=1S/C15H13N3O5/c1-23-17-15(20)10-3-2-4-12(7-10)16-9-11-8-13(18(21)22)5-6-14(11)19/h2-9,19H,1H3,(H,17,20). The Kier molecular flexibility index (Phi) is 5.00. The topological polar surface area (TPSA) is 114 Å². The highest BCUT2D eigenvalue weighted by atomic mass is 16.6. The first-order chi connectivity index (χ1) is 11.0. The van der Waals surface area contributed by atoms with Gasteiger partial charge < -0.3 is 5.11 Å². The highest BCUT2D eigenvalue weighted by Crippen LogP contribution is 2.22. The van der Waals surface area contributed by atoms with E-state index >= 15 is 0 Å². The van der Waals surface area contributed by atoms with Gasteiger partial charge in [0.25, 0.3) is 11.6 Å². The van der Waals surface area contributed by atoms with Crippen molar-refractivity contribution in [3.8, 4) is 5.75 Å². The van der Waals surface area contributed by atoms with Gasteiger partial charge in [-0.05, 0) is 24.3 Å². The molecule has 8 heteroatoms. The van der Waals surface area contributed by atoms with Crippen LogP contribution in [0.25, 0.3) is 0 Å². The molecule has 0 aliphatic heterocycles. The first-order valence-electron chi connectivity index (χ1n) is 6.46. The van der Waals surface area contributed by atoms with Crippen LogP contribution in [0.2, 0.25) is 0 Å². The summed E-state index contributed by atoms with van der Waals surface area (Å²) < 4.78 is 0. The summed E-state index contributed by atoms with van der Waals surface area (Å²) in [7, 11) is 1.32. The second kappa shape index (κ2) is 7.14. The van der Waals surface area contributed by atoms with E-state index in [1.54, 1.807) is 18.2 Å². The molecular formula is C15H13N3O5. The predicted molar refractivity (Wildman–Crippen MR) is 82.9 cm³/mol. The van der Waals surface area contributed by atoms with Crippen LogP contribution in [0.5, 0.6) is 5.75 Å². The van der Waals surface area contributed by atoms with Crippen molar-refractivity contribution in [1.29, 1.82) is 0 Å². The molecule has 118 valence electrons. The number of benzene rings is 2. The van der Waals surface area contributed by atoms with E-state index in [2.05, 4.69) is 15.3 Å². The van der Waals surface area contributed by atoms with E-state index in [9.17, 15) is 20.0 Å². The van der Waals surface area contributed by atoms with Gasteiger partial charge in [0.15, 0.2) is 0 Å². The molecule has 8 nitrogen and oxygen atoms in total. The summed E-state index contributed by atoms with van der Waals surface area (Å²) in [6.07, 6.45) is 1.29. The van der Waals surface area contributed by atoms with Gasteiger partial charge in [0.1, 0.15) is 5.75 Å². The Morgan fingerprint density at radius 2 is 2.13 bits per heavy atom. The second-order valence-corrected chi connectivity index (χ2v) is 4.44. The minimum atomic E-state index is -0.563. The number of hydrogen-bond acceptors (Lipinski definition) is 6. The van der Waals surface area contributed by atoms with Gasteiger partial charge in [-0.1, -0.05) is 6.07 Å². The van der Waals surface area contributed by atoms with Crippen LogP contribution >= 0.6 is 0 Å². The molecule has 0 aliphatic carbocycles. The van der Waals surface area contributed by atoms with Crippen molar-refractivity contribution in [3.63, 3.8) is 0 Å². The van der Waals surface area contributed by atoms with Crippen LogP contribution in [0.1, 0.15) is 15.9 Å². The Bertz CT molecular complexity index is 773. The van der Waals surface area contributed by atoms with E-state index in [0.29, 0.717) is 11.3 Å². The van der Waals surface area contributed by atoms with Crippen molar-refractivity contribution < 1.29 is 19.7 Å². The lowest BCUT2D eigenvalue weighted by atomic mass is 10.2. The lowest BCUT2D eigenvalue weighted by molar-refractivity contribution is -0.384. The number of rotatable bonds is 5. The maximum Gasteiger partial charge on any atom is 0.274 e. The van der Waals surface area contributed by atoms with Crippen LogP contribution in [-0.2, 0) is 4.84 Å². The molecule has 0 atom stereocenters. The van der Waals surface area contributed by atoms with E-state index in [1.165, 1.54) is 37.6 Å². The van der Waals surface area contributed by atoms with E-state index in [1.807, 2.05) is 0 Å². The number of nitrogens with zero attached hydrogens (tertiary/aromatic N) is 2. The average molecular weight is 315 g/mol. The zero-order valence-electron chi connectivity index (χ0n) is 12.1. The quantitative estimate of drug-likeness (QED) is 0.499. The van der Waals surface area contributed by atoms with Crippen LogP contribution in [0.4, 0.5) is 11.4 Å². The highest BCUT2D eigenvalue weighted by molar-refractivity contribution is 5.94. The van der Waals surface area contributed by atoms with Crippen LogP contribution in [0.15, 0.2) is 47.5 Å². The summed E-state index contributed by atoms with van der Waals surface area (Å²) in [6, 6.07) is 10.0. The van der Waals surface area contributed by atoms with Crippen molar-refractivity contribution in [2.75, 3.05) is 7.11 Å². The summed E-state index contributed by atoms with van der Waals surface area (Å²) in [6.45, 7) is 0. The van der Waals surface area contributed by atoms with Gasteiger partial charge >= 0.3 is 0 Å². The Morgan fingerprint density at radius 3 is 2.83 bits per heavy atom. The Labute approximate surface area is 131 Å². The number of nitrogens with one attached hydrogen (secondary N) is 1. The molecule has 2 rings (SSSR count). The fraction of sp³-hybridized carbons (Fsp3) is 0.0667. The summed E-state index contributed by atoms with van der Waals surface area (Å²) in [5, 5.41) is 20.5. The van der Waals surface area contributed by atoms with Gasteiger partial charge in [0, 0.05) is 29.5 Å². The lowest BCUT2D eigenvalue weighted by Crippen LogP contribution is -2.21. The molecule has 2 aromatic rings. The molecule has 0 aromatic heterocycles. The van der Waals surface area contributed by atoms with Gasteiger partial charge in [0.2, 0.25) is 0 Å². The minimum absolute atomic E-state index is 0.132. The fourth-order valence-electron chi connectivity index (χ4n) is 1.78. The van der Waals surface area contributed by atoms with E-state index in [4.69, 9.17) is 0 Å². The van der Waals surface area contributed by atoms with Gasteiger partial charge in [-0.2, -0.15) is 0 Å². The van der Waals surface area contributed by atoms with E-state index < -0.39 is 10.8 Å². The number of nitro groups is 1. The van der Waals surface area contributed by atoms with Crippen molar-refractivity contribution in [1.82, 2.24) is 5.48 Å². The summed E-state index contributed by atoms with van der Waals surface area (Å²) >= 11 is 0. The normalized spacial score (nSPS) is 10.7. The molecule has 0 bridgehead atoms. The first-order valence-corrected chi connectivity index (χ1v) is 6.46. The largest absolute Gasteiger partial charge is 0.507 e. The van der Waals surface area contributed by atoms with Crippen LogP contribution in [-0.4, -0.2) is 29.3 Å². The van der Waals surface area contributed by atoms with Crippen molar-refractivity contribution in [2.45, 2.75) is 0 Å². The smallest absolute Gasteiger partial charge is 0.274 e. The molecule has 0 spiro atoms. The number of non-ortho nitro benzene ring substituents is 1. The highest BCUT2D eigenvalue weighted by Gasteiger charge is 2.09. The zero-order chi connectivity index (χ0) is 16.8. The van der Waals surface area contributed by atoms with Crippen LogP contribution in [0.3, 0.4) is 0 Å². The zero-order valence-corrected chi connectivity index (χ0v) is 12.1. The number of hydroxylamine groups is 1. The number of phenols is 1. The third-order valence-corrected chi connectivity index (χ3v) is 2.88. The fourth-order valence-corrected chi connectivity index (χ4v) is 1.78. The molecule has 0 saturated heterocycles. The molecule has 0 heterocycles. The molecule has 23 heavy (non-hydrogen) atoms. The summed E-state index contributed by atoms with van der Waals surface area (Å²) in [4.78, 5) is 30.5. The molecular weight excluding hydrogens is 302 g/mol. The third kappa shape index (κ3) is 4.11. The molecule has 0 fully saturated rings. The Hall–Kier alpha value is -3.26. The molecule has 2 N–H and O–H groups in total. The number of aromatic hydroxyl groups is 1. The molecule has 1 amide bonds. The molecule has 0 aliphatic rings. The van der Waals surface area contributed by atoms with Gasteiger partial charge in [0.05, 0.1) is 17.7 Å². The molecule has 2 aromatic carbocycles. The van der Waals surface area contributed by atoms with Crippen LogP contribution in [0, 0.1) is 10.1 Å². The lowest BCUT2D eigenvalue weighted by Gasteiger charge is -2.03. The third-order valence-electron chi connectivity index (χ3n) is 2.88. The van der Waals surface area contributed by atoms with Gasteiger partial charge in [-0.3, -0.25) is 24.7 Å². The number of nitro benzene ring substituents is 1. The Balaban J connectivity index is 2.27. The maximum absolute atomic E-state index is 11.6. The van der Waals surface area contributed by atoms with Crippen molar-refractivity contribution >= 4 is 23.5 Å². The number of amides is 1.